The number of carbonyl (C=O) groups is 1. The van der Waals surface area contributed by atoms with Gasteiger partial charge < -0.3 is 5.32 Å². The monoisotopic (exact) mass is 317 g/mol. The second kappa shape index (κ2) is 6.75. The summed E-state index contributed by atoms with van der Waals surface area (Å²) >= 11 is 0. The molecule has 0 bridgehead atoms. The van der Waals surface area contributed by atoms with Gasteiger partial charge in [-0.15, -0.1) is 0 Å². The third-order valence-electron chi connectivity index (χ3n) is 3.47. The molecule has 0 heterocycles. The Morgan fingerprint density at radius 2 is 1.64 bits per heavy atom. The zero-order valence-corrected chi connectivity index (χ0v) is 13.4. The molecule has 4 nitrogen and oxygen atoms in total. The first-order valence-corrected chi connectivity index (χ1v) is 8.91. The number of carbonyl (C=O) groups excluding carboxylic acids is 1. The number of hydrogen-bond donors (Lipinski definition) is 1. The molecule has 22 heavy (non-hydrogen) atoms. The van der Waals surface area contributed by atoms with E-state index >= 15 is 0 Å². The average molecular weight is 317 g/mol. The SMILES string of the molecule is C[C@H](CNC(=O)c1ccccc1S(C)(=O)=O)c1ccccc1. The highest BCUT2D eigenvalue weighted by atomic mass is 32.2. The van der Waals surface area contributed by atoms with E-state index in [1.165, 1.54) is 12.1 Å². The molecule has 116 valence electrons. The Bertz CT molecular complexity index is 754. The van der Waals surface area contributed by atoms with E-state index in [9.17, 15) is 13.2 Å². The predicted octanol–water partition coefficient (Wildman–Crippen LogP) is 2.62. The highest BCUT2D eigenvalue weighted by molar-refractivity contribution is 7.90. The van der Waals surface area contributed by atoms with Crippen LogP contribution in [0.1, 0.15) is 28.8 Å². The number of benzene rings is 2. The Hall–Kier alpha value is -2.14. The third kappa shape index (κ3) is 3.95. The first kappa shape index (κ1) is 16.2. The maximum absolute atomic E-state index is 12.3. The summed E-state index contributed by atoms with van der Waals surface area (Å²) < 4.78 is 23.5. The van der Waals surface area contributed by atoms with Crippen molar-refractivity contribution in [3.63, 3.8) is 0 Å². The normalized spacial score (nSPS) is 12.6. The van der Waals surface area contributed by atoms with Crippen molar-refractivity contribution < 1.29 is 13.2 Å². The largest absolute Gasteiger partial charge is 0.351 e. The van der Waals surface area contributed by atoms with Crippen molar-refractivity contribution in [1.29, 1.82) is 0 Å². The van der Waals surface area contributed by atoms with Crippen molar-refractivity contribution in [2.75, 3.05) is 12.8 Å². The molecule has 0 spiro atoms. The van der Waals surface area contributed by atoms with Crippen LogP contribution in [0.15, 0.2) is 59.5 Å². The van der Waals surface area contributed by atoms with Crippen LogP contribution in [-0.4, -0.2) is 27.1 Å². The van der Waals surface area contributed by atoms with Gasteiger partial charge in [-0.25, -0.2) is 8.42 Å². The van der Waals surface area contributed by atoms with Crippen LogP contribution in [0.2, 0.25) is 0 Å². The Labute approximate surface area is 131 Å². The van der Waals surface area contributed by atoms with Crippen molar-refractivity contribution in [2.45, 2.75) is 17.7 Å². The summed E-state index contributed by atoms with van der Waals surface area (Å²) in [6.07, 6.45) is 1.10. The van der Waals surface area contributed by atoms with Crippen molar-refractivity contribution in [3.05, 3.63) is 65.7 Å². The minimum atomic E-state index is -3.43. The van der Waals surface area contributed by atoms with E-state index in [0.717, 1.165) is 11.8 Å². The molecule has 0 aliphatic carbocycles. The van der Waals surface area contributed by atoms with Crippen LogP contribution in [0, 0.1) is 0 Å². The van der Waals surface area contributed by atoms with Gasteiger partial charge in [-0.3, -0.25) is 4.79 Å². The minimum Gasteiger partial charge on any atom is -0.351 e. The molecular formula is C17H19NO3S. The van der Waals surface area contributed by atoms with E-state index in [1.807, 2.05) is 37.3 Å². The number of sulfone groups is 1. The number of amides is 1. The van der Waals surface area contributed by atoms with Crippen LogP contribution in [-0.2, 0) is 9.84 Å². The molecule has 0 fully saturated rings. The predicted molar refractivity (Wildman–Crippen MR) is 86.7 cm³/mol. The maximum atomic E-state index is 12.3. The summed E-state index contributed by atoms with van der Waals surface area (Å²) in [5, 5.41) is 2.81. The van der Waals surface area contributed by atoms with Gasteiger partial charge in [0.1, 0.15) is 0 Å². The molecule has 5 heteroatoms. The molecule has 0 radical (unpaired) electrons. The first-order chi connectivity index (χ1) is 10.4. The topological polar surface area (TPSA) is 63.2 Å². The van der Waals surface area contributed by atoms with E-state index in [4.69, 9.17) is 0 Å². The summed E-state index contributed by atoms with van der Waals surface area (Å²) in [5.74, 6) is -0.223. The molecule has 0 saturated heterocycles. The molecule has 0 aliphatic rings. The smallest absolute Gasteiger partial charge is 0.252 e. The summed E-state index contributed by atoms with van der Waals surface area (Å²) in [5.41, 5.74) is 1.31. The summed E-state index contributed by atoms with van der Waals surface area (Å²) in [7, 11) is -3.43. The van der Waals surface area contributed by atoms with Gasteiger partial charge in [-0.2, -0.15) is 0 Å². The Morgan fingerprint density at radius 3 is 2.27 bits per heavy atom. The lowest BCUT2D eigenvalue weighted by Crippen LogP contribution is -2.28. The second-order valence-electron chi connectivity index (χ2n) is 5.29. The zero-order valence-electron chi connectivity index (χ0n) is 12.6. The summed E-state index contributed by atoms with van der Waals surface area (Å²) in [6, 6.07) is 16.1. The van der Waals surface area contributed by atoms with Crippen molar-refractivity contribution in [1.82, 2.24) is 5.32 Å². The third-order valence-corrected chi connectivity index (χ3v) is 4.62. The Balaban J connectivity index is 2.11. The van der Waals surface area contributed by atoms with E-state index in [1.54, 1.807) is 12.1 Å². The van der Waals surface area contributed by atoms with E-state index in [2.05, 4.69) is 5.32 Å². The average Bonchev–Trinajstić information content (AvgIpc) is 2.52. The van der Waals surface area contributed by atoms with E-state index in [0.29, 0.717) is 6.54 Å². The lowest BCUT2D eigenvalue weighted by atomic mass is 10.0. The highest BCUT2D eigenvalue weighted by Crippen LogP contribution is 2.16. The van der Waals surface area contributed by atoms with Crippen molar-refractivity contribution in [2.24, 2.45) is 0 Å². The van der Waals surface area contributed by atoms with Crippen LogP contribution in [0.3, 0.4) is 0 Å². The van der Waals surface area contributed by atoms with Gasteiger partial charge in [0.15, 0.2) is 9.84 Å². The maximum Gasteiger partial charge on any atom is 0.252 e. The van der Waals surface area contributed by atoms with Crippen LogP contribution in [0.4, 0.5) is 0 Å². The Morgan fingerprint density at radius 1 is 1.05 bits per heavy atom. The number of hydrogen-bond acceptors (Lipinski definition) is 3. The van der Waals surface area contributed by atoms with Gasteiger partial charge in [-0.05, 0) is 23.6 Å². The van der Waals surface area contributed by atoms with Crippen LogP contribution < -0.4 is 5.32 Å². The highest BCUT2D eigenvalue weighted by Gasteiger charge is 2.18. The van der Waals surface area contributed by atoms with Gasteiger partial charge in [-0.1, -0.05) is 49.4 Å². The number of rotatable bonds is 5. The molecule has 0 saturated carbocycles. The van der Waals surface area contributed by atoms with Gasteiger partial charge in [0.25, 0.3) is 5.91 Å². The van der Waals surface area contributed by atoms with Crippen LogP contribution in [0.5, 0.6) is 0 Å². The molecule has 2 aromatic carbocycles. The molecule has 2 aromatic rings. The first-order valence-electron chi connectivity index (χ1n) is 7.02. The molecule has 1 amide bonds. The fraction of sp³-hybridized carbons (Fsp3) is 0.235. The van der Waals surface area contributed by atoms with E-state index in [-0.39, 0.29) is 22.3 Å². The van der Waals surface area contributed by atoms with Crippen molar-refractivity contribution >= 4 is 15.7 Å². The molecule has 1 N–H and O–H groups in total. The molecular weight excluding hydrogens is 298 g/mol. The molecule has 2 rings (SSSR count). The Kier molecular flexibility index (Phi) is 4.98. The minimum absolute atomic E-state index is 0.0554. The molecule has 0 unspecified atom stereocenters. The van der Waals surface area contributed by atoms with Gasteiger partial charge in [0.05, 0.1) is 10.5 Å². The fourth-order valence-electron chi connectivity index (χ4n) is 2.22. The van der Waals surface area contributed by atoms with Crippen LogP contribution >= 0.6 is 0 Å². The van der Waals surface area contributed by atoms with Gasteiger partial charge in [0.2, 0.25) is 0 Å². The lowest BCUT2D eigenvalue weighted by molar-refractivity contribution is 0.0948. The zero-order chi connectivity index (χ0) is 16.2. The molecule has 1 atom stereocenters. The quantitative estimate of drug-likeness (QED) is 0.922. The van der Waals surface area contributed by atoms with Crippen LogP contribution in [0.25, 0.3) is 0 Å². The van der Waals surface area contributed by atoms with Gasteiger partial charge >= 0.3 is 0 Å². The fourth-order valence-corrected chi connectivity index (χ4v) is 3.10. The second-order valence-corrected chi connectivity index (χ2v) is 7.27. The number of nitrogens with one attached hydrogen (secondary N) is 1. The lowest BCUT2D eigenvalue weighted by Gasteiger charge is -2.14. The summed E-state index contributed by atoms with van der Waals surface area (Å²) in [6.45, 7) is 2.46. The van der Waals surface area contributed by atoms with Crippen molar-refractivity contribution in [3.8, 4) is 0 Å². The standard InChI is InChI=1S/C17H19NO3S/c1-13(14-8-4-3-5-9-14)12-18-17(19)15-10-6-7-11-16(15)22(2,20)21/h3-11,13H,12H2,1-2H3,(H,18,19)/t13-/m1/s1. The van der Waals surface area contributed by atoms with Gasteiger partial charge in [0, 0.05) is 12.8 Å². The summed E-state index contributed by atoms with van der Waals surface area (Å²) in [4.78, 5) is 12.3. The van der Waals surface area contributed by atoms with E-state index < -0.39 is 9.84 Å². The molecule has 0 aromatic heterocycles. The molecule has 0 aliphatic heterocycles.